The monoisotopic (exact) mass is 422 g/mol. The number of hydrogen-bond donors (Lipinski definition) is 0. The molecular weight excluding hydrogens is 392 g/mol. The Balaban J connectivity index is 1.59. The first-order valence-electron chi connectivity index (χ1n) is 10.8. The van der Waals surface area contributed by atoms with Crippen LogP contribution in [0.15, 0.2) is 79.0 Å². The summed E-state index contributed by atoms with van der Waals surface area (Å²) in [5.41, 5.74) is 3.10. The van der Waals surface area contributed by atoms with Gasteiger partial charge in [0, 0.05) is 24.5 Å². The second kappa shape index (κ2) is 9.63. The number of benzene rings is 2. The Kier molecular flexibility index (Phi) is 6.70. The SMILES string of the molecule is O=S(=O)(Cc1ccccc1)N(Cc1cccn1Cc1ccccc1)C1CCCCC1. The van der Waals surface area contributed by atoms with E-state index in [2.05, 4.69) is 22.8 Å². The van der Waals surface area contributed by atoms with Gasteiger partial charge in [-0.3, -0.25) is 0 Å². The van der Waals surface area contributed by atoms with Crippen LogP contribution in [0.3, 0.4) is 0 Å². The van der Waals surface area contributed by atoms with E-state index in [0.29, 0.717) is 6.54 Å². The van der Waals surface area contributed by atoms with Crippen LogP contribution < -0.4 is 0 Å². The molecule has 1 heterocycles. The fourth-order valence-electron chi connectivity index (χ4n) is 4.38. The molecule has 3 aromatic rings. The third-order valence-electron chi connectivity index (χ3n) is 5.97. The number of hydrogen-bond acceptors (Lipinski definition) is 2. The van der Waals surface area contributed by atoms with E-state index in [4.69, 9.17) is 0 Å². The summed E-state index contributed by atoms with van der Waals surface area (Å²) in [6, 6.07) is 24.0. The molecule has 1 aromatic heterocycles. The van der Waals surface area contributed by atoms with Crippen LogP contribution in [0.4, 0.5) is 0 Å². The van der Waals surface area contributed by atoms with Gasteiger partial charge >= 0.3 is 0 Å². The second-order valence-electron chi connectivity index (χ2n) is 8.19. The van der Waals surface area contributed by atoms with Crippen LogP contribution in [0.5, 0.6) is 0 Å². The molecule has 5 heteroatoms. The van der Waals surface area contributed by atoms with Crippen LogP contribution in [0.1, 0.15) is 48.9 Å². The number of nitrogens with zero attached hydrogens (tertiary/aromatic N) is 2. The minimum atomic E-state index is -3.42. The van der Waals surface area contributed by atoms with E-state index >= 15 is 0 Å². The molecule has 4 rings (SSSR count). The summed E-state index contributed by atoms with van der Waals surface area (Å²) in [6.45, 7) is 1.18. The van der Waals surface area contributed by atoms with Crippen LogP contribution in [-0.4, -0.2) is 23.3 Å². The molecule has 1 aliphatic rings. The molecule has 0 radical (unpaired) electrons. The van der Waals surface area contributed by atoms with E-state index in [1.807, 2.05) is 60.8 Å². The van der Waals surface area contributed by atoms with E-state index in [1.165, 1.54) is 12.0 Å². The van der Waals surface area contributed by atoms with E-state index in [0.717, 1.165) is 43.5 Å². The largest absolute Gasteiger partial charge is 0.346 e. The highest BCUT2D eigenvalue weighted by atomic mass is 32.2. The van der Waals surface area contributed by atoms with Gasteiger partial charge < -0.3 is 4.57 Å². The van der Waals surface area contributed by atoms with E-state index < -0.39 is 10.0 Å². The maximum absolute atomic E-state index is 13.5. The Morgan fingerprint density at radius 3 is 2.10 bits per heavy atom. The molecule has 2 aromatic carbocycles. The van der Waals surface area contributed by atoms with Crippen molar-refractivity contribution >= 4 is 10.0 Å². The smallest absolute Gasteiger partial charge is 0.218 e. The Morgan fingerprint density at radius 2 is 1.43 bits per heavy atom. The van der Waals surface area contributed by atoms with Gasteiger partial charge in [0.2, 0.25) is 10.0 Å². The molecule has 0 atom stereocenters. The molecule has 0 bridgehead atoms. The molecule has 0 saturated heterocycles. The van der Waals surface area contributed by atoms with E-state index in [-0.39, 0.29) is 11.8 Å². The second-order valence-corrected chi connectivity index (χ2v) is 10.1. The molecule has 0 N–H and O–H groups in total. The lowest BCUT2D eigenvalue weighted by Crippen LogP contribution is -2.42. The molecule has 0 unspecified atom stereocenters. The molecular formula is C25H30N2O2S. The van der Waals surface area contributed by atoms with E-state index in [9.17, 15) is 8.42 Å². The third kappa shape index (κ3) is 5.21. The Hall–Kier alpha value is -2.37. The summed E-state index contributed by atoms with van der Waals surface area (Å²) < 4.78 is 31.0. The molecule has 1 aliphatic carbocycles. The summed E-state index contributed by atoms with van der Waals surface area (Å²) in [5.74, 6) is 0.0593. The number of rotatable bonds is 8. The van der Waals surface area contributed by atoms with Crippen molar-refractivity contribution < 1.29 is 8.42 Å². The topological polar surface area (TPSA) is 42.3 Å². The van der Waals surface area contributed by atoms with Gasteiger partial charge in [0.25, 0.3) is 0 Å². The first-order valence-corrected chi connectivity index (χ1v) is 12.4. The first kappa shape index (κ1) is 20.9. The molecule has 0 aliphatic heterocycles. The van der Waals surface area contributed by atoms with Crippen molar-refractivity contribution in [1.29, 1.82) is 0 Å². The summed E-state index contributed by atoms with van der Waals surface area (Å²) in [5, 5.41) is 0. The van der Waals surface area contributed by atoms with Gasteiger partial charge in [-0.2, -0.15) is 4.31 Å². The van der Waals surface area contributed by atoms with Crippen LogP contribution in [-0.2, 0) is 28.9 Å². The minimum absolute atomic E-state index is 0.0593. The molecule has 0 spiro atoms. The van der Waals surface area contributed by atoms with Gasteiger partial charge in [-0.1, -0.05) is 79.9 Å². The van der Waals surface area contributed by atoms with Gasteiger partial charge in [-0.15, -0.1) is 0 Å². The van der Waals surface area contributed by atoms with Gasteiger partial charge in [0.05, 0.1) is 12.3 Å². The Bertz CT molecular complexity index is 1020. The zero-order valence-corrected chi connectivity index (χ0v) is 18.2. The molecule has 30 heavy (non-hydrogen) atoms. The molecule has 1 saturated carbocycles. The lowest BCUT2D eigenvalue weighted by Gasteiger charge is -2.33. The quantitative estimate of drug-likeness (QED) is 0.501. The maximum Gasteiger partial charge on any atom is 0.218 e. The highest BCUT2D eigenvalue weighted by Gasteiger charge is 2.31. The van der Waals surface area contributed by atoms with Crippen LogP contribution in [0.25, 0.3) is 0 Å². The number of sulfonamides is 1. The molecule has 0 amide bonds. The highest BCUT2D eigenvalue weighted by Crippen LogP contribution is 2.28. The summed E-state index contributed by atoms with van der Waals surface area (Å²) in [4.78, 5) is 0. The summed E-state index contributed by atoms with van der Waals surface area (Å²) in [7, 11) is -3.42. The fraction of sp³-hybridized carbons (Fsp3) is 0.360. The van der Waals surface area contributed by atoms with Crippen molar-refractivity contribution in [1.82, 2.24) is 8.87 Å². The third-order valence-corrected chi connectivity index (χ3v) is 7.81. The van der Waals surface area contributed by atoms with Gasteiger partial charge in [0.1, 0.15) is 0 Å². The standard InChI is InChI=1S/C25H30N2O2S/c28-30(29,21-23-13-6-2-7-14-23)27(24-15-8-3-9-16-24)20-25-17-10-18-26(25)19-22-11-4-1-5-12-22/h1-2,4-7,10-14,17-18,24H,3,8-9,15-16,19-21H2. The van der Waals surface area contributed by atoms with Crippen LogP contribution in [0.2, 0.25) is 0 Å². The Labute approximate surface area is 180 Å². The molecule has 1 fully saturated rings. The van der Waals surface area contributed by atoms with Crippen molar-refractivity contribution in [3.63, 3.8) is 0 Å². The maximum atomic E-state index is 13.5. The van der Waals surface area contributed by atoms with Crippen molar-refractivity contribution in [2.45, 2.75) is 57.0 Å². The fourth-order valence-corrected chi connectivity index (χ4v) is 6.15. The van der Waals surface area contributed by atoms with Gasteiger partial charge in [-0.25, -0.2) is 8.42 Å². The molecule has 158 valence electrons. The summed E-state index contributed by atoms with van der Waals surface area (Å²) >= 11 is 0. The summed E-state index contributed by atoms with van der Waals surface area (Å²) in [6.07, 6.45) is 7.36. The van der Waals surface area contributed by atoms with E-state index in [1.54, 1.807) is 4.31 Å². The first-order chi connectivity index (χ1) is 14.6. The van der Waals surface area contributed by atoms with Crippen LogP contribution >= 0.6 is 0 Å². The predicted molar refractivity (Wildman–Crippen MR) is 121 cm³/mol. The zero-order valence-electron chi connectivity index (χ0n) is 17.4. The average Bonchev–Trinajstić information content (AvgIpc) is 3.20. The lowest BCUT2D eigenvalue weighted by atomic mass is 9.95. The van der Waals surface area contributed by atoms with Crippen molar-refractivity contribution in [3.05, 3.63) is 95.8 Å². The number of aromatic nitrogens is 1. The normalized spacial score (nSPS) is 15.5. The predicted octanol–water partition coefficient (Wildman–Crippen LogP) is 5.20. The molecule has 4 nitrogen and oxygen atoms in total. The van der Waals surface area contributed by atoms with Crippen molar-refractivity contribution in [2.24, 2.45) is 0 Å². The van der Waals surface area contributed by atoms with Gasteiger partial charge in [0.15, 0.2) is 0 Å². The zero-order chi connectivity index (χ0) is 20.8. The highest BCUT2D eigenvalue weighted by molar-refractivity contribution is 7.88. The van der Waals surface area contributed by atoms with Crippen molar-refractivity contribution in [3.8, 4) is 0 Å². The van der Waals surface area contributed by atoms with Gasteiger partial charge in [-0.05, 0) is 36.1 Å². The van der Waals surface area contributed by atoms with Crippen molar-refractivity contribution in [2.75, 3.05) is 0 Å². The lowest BCUT2D eigenvalue weighted by molar-refractivity contribution is 0.243. The Morgan fingerprint density at radius 1 is 0.800 bits per heavy atom. The van der Waals surface area contributed by atoms with Crippen LogP contribution in [0, 0.1) is 0 Å². The average molecular weight is 423 g/mol. The minimum Gasteiger partial charge on any atom is -0.346 e.